The second-order valence-corrected chi connectivity index (χ2v) is 8.51. The molecule has 7 nitrogen and oxygen atoms in total. The van der Waals surface area contributed by atoms with Crippen molar-refractivity contribution < 1.29 is 14.3 Å². The lowest BCUT2D eigenvalue weighted by atomic mass is 10.1. The predicted molar refractivity (Wildman–Crippen MR) is 124 cm³/mol. The Balaban J connectivity index is 1.65. The largest absolute Gasteiger partial charge is 0.444 e. The van der Waals surface area contributed by atoms with Gasteiger partial charge in [0.1, 0.15) is 11.4 Å². The van der Waals surface area contributed by atoms with E-state index in [9.17, 15) is 9.59 Å². The van der Waals surface area contributed by atoms with Gasteiger partial charge < -0.3 is 10.1 Å². The van der Waals surface area contributed by atoms with Crippen LogP contribution in [-0.4, -0.2) is 27.6 Å². The van der Waals surface area contributed by atoms with Crippen LogP contribution in [0.4, 0.5) is 10.5 Å². The van der Waals surface area contributed by atoms with Crippen LogP contribution in [0.5, 0.6) is 0 Å². The summed E-state index contributed by atoms with van der Waals surface area (Å²) in [5.74, 6) is 0.509. The summed E-state index contributed by atoms with van der Waals surface area (Å²) in [6, 6.07) is 16.2. The number of carbonyl (C=O) groups excluding carboxylic acids is 2. The molecule has 0 aliphatic rings. The van der Waals surface area contributed by atoms with Crippen LogP contribution in [0.25, 0.3) is 11.3 Å². The highest BCUT2D eigenvalue weighted by Crippen LogP contribution is 2.20. The number of carbonyl (C=O) groups is 2. The number of benzene rings is 2. The van der Waals surface area contributed by atoms with Crippen LogP contribution < -0.4 is 10.6 Å². The first-order chi connectivity index (χ1) is 15.1. The van der Waals surface area contributed by atoms with Crippen molar-refractivity contribution in [3.05, 3.63) is 77.7 Å². The average molecular weight is 433 g/mol. The topological polar surface area (TPSA) is 93.2 Å². The van der Waals surface area contributed by atoms with E-state index in [-0.39, 0.29) is 11.9 Å². The van der Waals surface area contributed by atoms with Gasteiger partial charge in [0.15, 0.2) is 0 Å². The molecule has 3 rings (SSSR count). The summed E-state index contributed by atoms with van der Waals surface area (Å²) < 4.78 is 5.28. The van der Waals surface area contributed by atoms with Crippen LogP contribution in [0, 0.1) is 6.92 Å². The average Bonchev–Trinajstić information content (AvgIpc) is 2.72. The molecule has 0 radical (unpaired) electrons. The van der Waals surface area contributed by atoms with Crippen LogP contribution >= 0.6 is 0 Å². The fourth-order valence-corrected chi connectivity index (χ4v) is 3.08. The fraction of sp³-hybridized carbons (Fsp3) is 0.280. The molecule has 1 unspecified atom stereocenters. The Morgan fingerprint density at radius 2 is 1.75 bits per heavy atom. The van der Waals surface area contributed by atoms with Gasteiger partial charge in [0.05, 0.1) is 11.7 Å². The van der Waals surface area contributed by atoms with Gasteiger partial charge >= 0.3 is 6.09 Å². The van der Waals surface area contributed by atoms with Gasteiger partial charge in [-0.2, -0.15) is 0 Å². The van der Waals surface area contributed by atoms with Gasteiger partial charge in [0, 0.05) is 23.0 Å². The number of aryl methyl sites for hydroxylation is 1. The first-order valence-electron chi connectivity index (χ1n) is 10.4. The van der Waals surface area contributed by atoms with Gasteiger partial charge in [-0.1, -0.05) is 24.3 Å². The molecule has 0 spiro atoms. The quantitative estimate of drug-likeness (QED) is 0.571. The minimum Gasteiger partial charge on any atom is -0.444 e. The summed E-state index contributed by atoms with van der Waals surface area (Å²) >= 11 is 0. The van der Waals surface area contributed by atoms with E-state index in [0.29, 0.717) is 17.1 Å². The van der Waals surface area contributed by atoms with Crippen LogP contribution in [-0.2, 0) is 4.74 Å². The number of aromatic nitrogens is 2. The standard InChI is InChI=1S/C25H28N4O3/c1-16(20-7-6-8-21(15-20)29-24(31)32-25(3,4)5)27-23(30)19-11-9-18(10-12-19)22-13-14-26-17(2)28-22/h6-16H,1-5H3,(H,27,30)(H,29,31). The van der Waals surface area contributed by atoms with Crippen molar-refractivity contribution >= 4 is 17.7 Å². The molecule has 2 N–H and O–H groups in total. The van der Waals surface area contributed by atoms with E-state index < -0.39 is 11.7 Å². The van der Waals surface area contributed by atoms with Gasteiger partial charge in [0.2, 0.25) is 0 Å². The molecule has 2 amide bonds. The smallest absolute Gasteiger partial charge is 0.412 e. The zero-order valence-corrected chi connectivity index (χ0v) is 19.0. The minimum absolute atomic E-state index is 0.187. The third-order valence-electron chi connectivity index (χ3n) is 4.60. The summed E-state index contributed by atoms with van der Waals surface area (Å²) in [5, 5.41) is 5.71. The number of nitrogens with one attached hydrogen (secondary N) is 2. The molecule has 0 bridgehead atoms. The van der Waals surface area contributed by atoms with Crippen molar-refractivity contribution in [1.29, 1.82) is 0 Å². The molecule has 32 heavy (non-hydrogen) atoms. The number of hydrogen-bond donors (Lipinski definition) is 2. The van der Waals surface area contributed by atoms with Crippen LogP contribution in [0.15, 0.2) is 60.8 Å². The van der Waals surface area contributed by atoms with E-state index in [4.69, 9.17) is 4.74 Å². The second kappa shape index (κ2) is 9.60. The first-order valence-corrected chi connectivity index (χ1v) is 10.4. The first kappa shape index (κ1) is 22.9. The lowest BCUT2D eigenvalue weighted by Gasteiger charge is -2.20. The zero-order chi connectivity index (χ0) is 23.3. The highest BCUT2D eigenvalue weighted by Gasteiger charge is 2.17. The monoisotopic (exact) mass is 432 g/mol. The number of hydrogen-bond acceptors (Lipinski definition) is 5. The number of amides is 2. The molecule has 7 heteroatoms. The molecule has 0 aliphatic heterocycles. The Bertz CT molecular complexity index is 1100. The van der Waals surface area contributed by atoms with Gasteiger partial charge in [0.25, 0.3) is 5.91 Å². The van der Waals surface area contributed by atoms with Crippen molar-refractivity contribution in [2.24, 2.45) is 0 Å². The highest BCUT2D eigenvalue weighted by atomic mass is 16.6. The molecule has 0 aliphatic carbocycles. The summed E-state index contributed by atoms with van der Waals surface area (Å²) in [6.45, 7) is 9.15. The Hall–Kier alpha value is -3.74. The van der Waals surface area contributed by atoms with Crippen molar-refractivity contribution in [3.63, 3.8) is 0 Å². The summed E-state index contributed by atoms with van der Waals surface area (Å²) in [7, 11) is 0. The molecular weight excluding hydrogens is 404 g/mol. The molecule has 0 saturated heterocycles. The lowest BCUT2D eigenvalue weighted by Crippen LogP contribution is -2.28. The van der Waals surface area contributed by atoms with Gasteiger partial charge in [-0.05, 0) is 70.5 Å². The Labute approximate surface area is 188 Å². The molecule has 1 atom stereocenters. The van der Waals surface area contributed by atoms with Crippen molar-refractivity contribution in [3.8, 4) is 11.3 Å². The normalized spacial score (nSPS) is 12.0. The number of ether oxygens (including phenoxy) is 1. The number of rotatable bonds is 5. The van der Waals surface area contributed by atoms with E-state index in [1.54, 1.807) is 24.4 Å². The molecule has 1 heterocycles. The SMILES string of the molecule is Cc1nccc(-c2ccc(C(=O)NC(C)c3cccc(NC(=O)OC(C)(C)C)c3)cc2)n1. The van der Waals surface area contributed by atoms with Crippen LogP contribution in [0.2, 0.25) is 0 Å². The maximum absolute atomic E-state index is 12.7. The van der Waals surface area contributed by atoms with Crippen molar-refractivity contribution in [2.45, 2.75) is 46.3 Å². The molecule has 2 aromatic carbocycles. The van der Waals surface area contributed by atoms with E-state index >= 15 is 0 Å². The molecule has 3 aromatic rings. The van der Waals surface area contributed by atoms with Gasteiger partial charge in [-0.3, -0.25) is 10.1 Å². The lowest BCUT2D eigenvalue weighted by molar-refractivity contribution is 0.0635. The molecule has 166 valence electrons. The minimum atomic E-state index is -0.579. The molecule has 0 fully saturated rings. The van der Waals surface area contributed by atoms with E-state index in [1.165, 1.54) is 0 Å². The van der Waals surface area contributed by atoms with E-state index in [2.05, 4.69) is 20.6 Å². The van der Waals surface area contributed by atoms with Crippen LogP contribution in [0.3, 0.4) is 0 Å². The maximum atomic E-state index is 12.7. The predicted octanol–water partition coefficient (Wildman–Crippen LogP) is 5.29. The molecule has 0 saturated carbocycles. The van der Waals surface area contributed by atoms with Crippen molar-refractivity contribution in [1.82, 2.24) is 15.3 Å². The summed E-state index contributed by atoms with van der Waals surface area (Å²) in [5.41, 5.74) is 3.16. The van der Waals surface area contributed by atoms with E-state index in [1.807, 2.05) is 71.0 Å². The van der Waals surface area contributed by atoms with Gasteiger partial charge in [-0.25, -0.2) is 14.8 Å². The number of nitrogens with zero attached hydrogens (tertiary/aromatic N) is 2. The molecular formula is C25H28N4O3. The molecule has 1 aromatic heterocycles. The zero-order valence-electron chi connectivity index (χ0n) is 19.0. The third kappa shape index (κ3) is 6.38. The Morgan fingerprint density at radius 3 is 2.41 bits per heavy atom. The second-order valence-electron chi connectivity index (χ2n) is 8.51. The van der Waals surface area contributed by atoms with Crippen molar-refractivity contribution in [2.75, 3.05) is 5.32 Å². The summed E-state index contributed by atoms with van der Waals surface area (Å²) in [6.07, 6.45) is 1.19. The third-order valence-corrected chi connectivity index (χ3v) is 4.60. The highest BCUT2D eigenvalue weighted by molar-refractivity contribution is 5.95. The Morgan fingerprint density at radius 1 is 1.03 bits per heavy atom. The fourth-order valence-electron chi connectivity index (χ4n) is 3.08. The number of anilines is 1. The van der Waals surface area contributed by atoms with E-state index in [0.717, 1.165) is 16.8 Å². The Kier molecular flexibility index (Phi) is 6.88. The maximum Gasteiger partial charge on any atom is 0.412 e. The van der Waals surface area contributed by atoms with Crippen LogP contribution in [0.1, 0.15) is 55.5 Å². The van der Waals surface area contributed by atoms with Gasteiger partial charge in [-0.15, -0.1) is 0 Å². The summed E-state index contributed by atoms with van der Waals surface area (Å²) in [4.78, 5) is 33.2.